The lowest BCUT2D eigenvalue weighted by Crippen LogP contribution is -2.47. The molecule has 5 rings (SSSR count). The van der Waals surface area contributed by atoms with E-state index in [0.717, 1.165) is 63.1 Å². The molecule has 0 amide bonds. The van der Waals surface area contributed by atoms with Crippen molar-refractivity contribution >= 4 is 11.6 Å². The molecule has 0 aliphatic heterocycles. The minimum Gasteiger partial charge on any atom is -0.506 e. The van der Waals surface area contributed by atoms with Crippen molar-refractivity contribution in [2.45, 2.75) is 70.8 Å². The highest BCUT2D eigenvalue weighted by molar-refractivity contribution is 6.32. The Hall–Kier alpha value is -1.75. The zero-order valence-electron chi connectivity index (χ0n) is 21.3. The van der Waals surface area contributed by atoms with Crippen LogP contribution in [0.4, 0.5) is 0 Å². The Labute approximate surface area is 215 Å². The quantitative estimate of drug-likeness (QED) is 0.466. The van der Waals surface area contributed by atoms with Gasteiger partial charge in [0.25, 0.3) is 0 Å². The van der Waals surface area contributed by atoms with Crippen molar-refractivity contribution in [2.75, 3.05) is 26.2 Å². The van der Waals surface area contributed by atoms with Crippen LogP contribution < -0.4 is 4.74 Å². The first-order valence-electron chi connectivity index (χ1n) is 13.5. The maximum absolute atomic E-state index is 11.1. The molecule has 2 saturated carbocycles. The number of phenolic OH excluding ortho intramolecular Hbond substituents is 1. The highest BCUT2D eigenvalue weighted by Crippen LogP contribution is 2.65. The van der Waals surface area contributed by atoms with E-state index in [2.05, 4.69) is 56.0 Å². The van der Waals surface area contributed by atoms with Gasteiger partial charge < -0.3 is 19.8 Å². The van der Waals surface area contributed by atoms with Gasteiger partial charge in [0.05, 0.1) is 11.1 Å². The molecule has 2 N–H and O–H groups in total. The first-order chi connectivity index (χ1) is 16.9. The molecular weight excluding hydrogens is 458 g/mol. The van der Waals surface area contributed by atoms with Gasteiger partial charge in [-0.05, 0) is 109 Å². The molecule has 0 unspecified atom stereocenters. The lowest BCUT2D eigenvalue weighted by molar-refractivity contribution is -0.0322. The van der Waals surface area contributed by atoms with Gasteiger partial charge in [-0.2, -0.15) is 0 Å². The molecule has 2 aromatic carbocycles. The smallest absolute Gasteiger partial charge is 0.134 e. The van der Waals surface area contributed by atoms with Gasteiger partial charge in [-0.25, -0.2) is 0 Å². The fourth-order valence-corrected chi connectivity index (χ4v) is 7.95. The summed E-state index contributed by atoms with van der Waals surface area (Å²) in [4.78, 5) is 2.37. The summed E-state index contributed by atoms with van der Waals surface area (Å²) in [5.41, 5.74) is 3.68. The summed E-state index contributed by atoms with van der Waals surface area (Å²) in [5.74, 6) is 2.81. The molecule has 0 radical (unpaired) electrons. The van der Waals surface area contributed by atoms with Gasteiger partial charge in [0.1, 0.15) is 18.1 Å². The molecule has 2 aromatic rings. The number of ether oxygens (including phenoxy) is 1. The highest BCUT2D eigenvalue weighted by Gasteiger charge is 2.57. The third-order valence-corrected chi connectivity index (χ3v) is 10.1. The fraction of sp³-hybridized carbons (Fsp3) is 0.600. The fourth-order valence-electron chi connectivity index (χ4n) is 7.68. The van der Waals surface area contributed by atoms with Crippen LogP contribution in [0, 0.1) is 17.3 Å². The molecular formula is C30H40ClNO3. The molecule has 3 aliphatic rings. The molecule has 2 fully saturated rings. The van der Waals surface area contributed by atoms with Crippen LogP contribution in [0.2, 0.25) is 5.02 Å². The molecule has 5 heteroatoms. The number of likely N-dealkylation sites (N-methyl/N-ethyl adjacent to an activating group) is 1. The number of aromatic hydroxyl groups is 1. The molecule has 0 saturated heterocycles. The number of rotatable bonds is 7. The van der Waals surface area contributed by atoms with Crippen molar-refractivity contribution in [2.24, 2.45) is 17.3 Å². The molecule has 6 atom stereocenters. The zero-order valence-corrected chi connectivity index (χ0v) is 22.1. The van der Waals surface area contributed by atoms with Gasteiger partial charge in [0, 0.05) is 6.54 Å². The maximum atomic E-state index is 11.1. The number of fused-ring (bicyclic) bond motifs is 5. The summed E-state index contributed by atoms with van der Waals surface area (Å²) in [6, 6.07) is 12.6. The number of aliphatic hydroxyl groups is 1. The number of phenols is 1. The summed E-state index contributed by atoms with van der Waals surface area (Å²) in [5, 5.41) is 21.9. The number of hydrogen-bond acceptors (Lipinski definition) is 4. The summed E-state index contributed by atoms with van der Waals surface area (Å²) in [7, 11) is 0. The molecule has 0 heterocycles. The predicted octanol–water partition coefficient (Wildman–Crippen LogP) is 6.38. The van der Waals surface area contributed by atoms with E-state index in [-0.39, 0.29) is 17.3 Å². The van der Waals surface area contributed by atoms with E-state index in [4.69, 9.17) is 16.3 Å². The SMILES string of the molecule is CCN(CC)CCOc1ccc([C@H]2C[C@]3(C)[C@@H](O)CC[C@H]3[C@@H]3CCc4c(ccc(O)c4Cl)[C@H]32)cc1. The standard InChI is InChI=1S/C30H40ClNO3/c1-4-32(5-2)16-17-35-20-8-6-19(7-9-20)24-18-30(3)25(13-15-27(30)34)23-11-10-22-21(28(23)24)12-14-26(33)29(22)31/h6-9,12,14,23-25,27-28,33-34H,4-5,10-11,13,15-18H2,1-3H3/t23-,24+,25-,27-,28+,30-/m0/s1. The van der Waals surface area contributed by atoms with Crippen molar-refractivity contribution in [1.29, 1.82) is 0 Å². The van der Waals surface area contributed by atoms with Crippen LogP contribution in [0.5, 0.6) is 11.5 Å². The van der Waals surface area contributed by atoms with Gasteiger partial charge in [-0.3, -0.25) is 0 Å². The van der Waals surface area contributed by atoms with Crippen molar-refractivity contribution in [3.8, 4) is 11.5 Å². The van der Waals surface area contributed by atoms with E-state index in [0.29, 0.717) is 35.3 Å². The van der Waals surface area contributed by atoms with Crippen LogP contribution in [-0.2, 0) is 6.42 Å². The van der Waals surface area contributed by atoms with E-state index in [1.165, 1.54) is 11.1 Å². The van der Waals surface area contributed by atoms with E-state index < -0.39 is 0 Å². The van der Waals surface area contributed by atoms with Gasteiger partial charge in [0.15, 0.2) is 0 Å². The minimum absolute atomic E-state index is 0.0526. The van der Waals surface area contributed by atoms with Crippen LogP contribution in [-0.4, -0.2) is 47.5 Å². The topological polar surface area (TPSA) is 52.9 Å². The third kappa shape index (κ3) is 4.36. The Bertz CT molecular complexity index is 1040. The highest BCUT2D eigenvalue weighted by atomic mass is 35.5. The lowest BCUT2D eigenvalue weighted by atomic mass is 9.51. The Morgan fingerprint density at radius 2 is 1.80 bits per heavy atom. The second-order valence-electron chi connectivity index (χ2n) is 11.2. The average Bonchev–Trinajstić information content (AvgIpc) is 3.18. The van der Waals surface area contributed by atoms with Crippen LogP contribution in [0.3, 0.4) is 0 Å². The van der Waals surface area contributed by atoms with Crippen LogP contribution in [0.15, 0.2) is 36.4 Å². The Morgan fingerprint density at radius 3 is 2.51 bits per heavy atom. The average molecular weight is 498 g/mol. The first kappa shape index (κ1) is 24.9. The second kappa shape index (κ2) is 9.95. The van der Waals surface area contributed by atoms with Crippen LogP contribution in [0.1, 0.15) is 75.0 Å². The monoisotopic (exact) mass is 497 g/mol. The number of nitrogens with zero attached hydrogens (tertiary/aromatic N) is 1. The summed E-state index contributed by atoms with van der Waals surface area (Å²) >= 11 is 6.60. The zero-order chi connectivity index (χ0) is 24.7. The molecule has 0 aromatic heterocycles. The maximum Gasteiger partial charge on any atom is 0.134 e. The van der Waals surface area contributed by atoms with Gasteiger partial charge in [-0.1, -0.05) is 50.6 Å². The predicted molar refractivity (Wildman–Crippen MR) is 142 cm³/mol. The van der Waals surface area contributed by atoms with Gasteiger partial charge in [0.2, 0.25) is 0 Å². The van der Waals surface area contributed by atoms with E-state index in [1.807, 2.05) is 0 Å². The second-order valence-corrected chi connectivity index (χ2v) is 11.5. The summed E-state index contributed by atoms with van der Waals surface area (Å²) in [6.45, 7) is 10.4. The van der Waals surface area contributed by atoms with Crippen molar-refractivity contribution < 1.29 is 14.9 Å². The molecule has 0 bridgehead atoms. The van der Waals surface area contributed by atoms with E-state index >= 15 is 0 Å². The van der Waals surface area contributed by atoms with E-state index in [1.54, 1.807) is 6.07 Å². The summed E-state index contributed by atoms with van der Waals surface area (Å²) < 4.78 is 6.05. The van der Waals surface area contributed by atoms with Gasteiger partial charge in [-0.15, -0.1) is 0 Å². The van der Waals surface area contributed by atoms with Gasteiger partial charge >= 0.3 is 0 Å². The Morgan fingerprint density at radius 1 is 1.06 bits per heavy atom. The van der Waals surface area contributed by atoms with Crippen LogP contribution >= 0.6 is 11.6 Å². The number of halogens is 1. The van der Waals surface area contributed by atoms with E-state index in [9.17, 15) is 10.2 Å². The number of benzene rings is 2. The van der Waals surface area contributed by atoms with Crippen molar-refractivity contribution in [3.05, 3.63) is 58.1 Å². The molecule has 4 nitrogen and oxygen atoms in total. The minimum atomic E-state index is -0.233. The Balaban J connectivity index is 1.45. The molecule has 3 aliphatic carbocycles. The van der Waals surface area contributed by atoms with Crippen molar-refractivity contribution in [1.82, 2.24) is 4.90 Å². The molecule has 0 spiro atoms. The summed E-state index contributed by atoms with van der Waals surface area (Å²) in [6.07, 6.45) is 4.71. The third-order valence-electron chi connectivity index (χ3n) is 9.66. The Kier molecular flexibility index (Phi) is 7.09. The van der Waals surface area contributed by atoms with Crippen LogP contribution in [0.25, 0.3) is 0 Å². The molecule has 190 valence electrons. The lowest BCUT2D eigenvalue weighted by Gasteiger charge is -2.54. The largest absolute Gasteiger partial charge is 0.506 e. The van der Waals surface area contributed by atoms with Crippen molar-refractivity contribution in [3.63, 3.8) is 0 Å². The first-order valence-corrected chi connectivity index (χ1v) is 13.9. The number of aliphatic hydroxyl groups excluding tert-OH is 1. The normalized spacial score (nSPS) is 31.7. The molecule has 35 heavy (non-hydrogen) atoms. The number of hydrogen-bond donors (Lipinski definition) is 2.